The number of nitrogens with one attached hydrogen (secondary N) is 1. The number of carboxylic acid groups (broad SMARTS) is 1. The highest BCUT2D eigenvalue weighted by Gasteiger charge is 2.37. The first kappa shape index (κ1) is 18.0. The molecule has 2 amide bonds. The molecule has 1 saturated heterocycles. The zero-order valence-corrected chi connectivity index (χ0v) is 14.5. The van der Waals surface area contributed by atoms with Gasteiger partial charge in [0.2, 0.25) is 5.91 Å². The Morgan fingerprint density at radius 1 is 1.17 bits per heavy atom. The lowest BCUT2D eigenvalue weighted by Crippen LogP contribution is -2.32. The molecule has 2 N–H and O–H groups in total. The minimum atomic E-state index is -0.882. The van der Waals surface area contributed by atoms with Gasteiger partial charge in [0.25, 0.3) is 5.91 Å². The molecule has 0 saturated carbocycles. The first-order valence-electron chi connectivity index (χ1n) is 8.04. The number of likely N-dealkylation sites (tertiary alicyclic amines) is 1. The maximum Gasteiger partial charge on any atom is 0.308 e. The minimum Gasteiger partial charge on any atom is -0.481 e. The fourth-order valence-corrected chi connectivity index (χ4v) is 2.71. The highest BCUT2D eigenvalue weighted by molar-refractivity contribution is 6.05. The molecule has 2 rings (SSSR count). The number of aliphatic carboxylic acids is 1. The topological polar surface area (TPSA) is 86.7 Å². The second-order valence-corrected chi connectivity index (χ2v) is 7.38. The van der Waals surface area contributed by atoms with Gasteiger partial charge in [-0.05, 0) is 18.1 Å². The van der Waals surface area contributed by atoms with Crippen LogP contribution in [0.15, 0.2) is 24.3 Å². The molecule has 6 nitrogen and oxygen atoms in total. The number of benzene rings is 1. The van der Waals surface area contributed by atoms with Crippen molar-refractivity contribution in [2.75, 3.05) is 18.4 Å². The fraction of sp³-hybridized carbons (Fsp3) is 0.500. The van der Waals surface area contributed by atoms with Crippen LogP contribution in [-0.2, 0) is 9.59 Å². The van der Waals surface area contributed by atoms with Gasteiger partial charge in [-0.3, -0.25) is 14.4 Å². The lowest BCUT2D eigenvalue weighted by molar-refractivity contribution is -0.142. The number of hydrogen-bond donors (Lipinski definition) is 2. The number of anilines is 1. The Labute approximate surface area is 141 Å². The molecule has 0 aliphatic carbocycles. The first-order valence-corrected chi connectivity index (χ1v) is 8.04. The van der Waals surface area contributed by atoms with Crippen LogP contribution in [0.25, 0.3) is 0 Å². The molecular weight excluding hydrogens is 308 g/mol. The molecule has 1 aromatic rings. The number of carbonyl (C=O) groups excluding carboxylic acids is 2. The number of para-hydroxylation sites is 1. The van der Waals surface area contributed by atoms with E-state index in [1.165, 1.54) is 0 Å². The summed E-state index contributed by atoms with van der Waals surface area (Å²) in [6.07, 6.45) is 0. The van der Waals surface area contributed by atoms with E-state index in [4.69, 9.17) is 0 Å². The quantitative estimate of drug-likeness (QED) is 0.890. The van der Waals surface area contributed by atoms with Crippen LogP contribution in [0.2, 0.25) is 0 Å². The predicted octanol–water partition coefficient (Wildman–Crippen LogP) is 2.46. The van der Waals surface area contributed by atoms with E-state index in [9.17, 15) is 19.5 Å². The van der Waals surface area contributed by atoms with Crippen molar-refractivity contribution in [2.45, 2.75) is 27.7 Å². The third-order valence-corrected chi connectivity index (χ3v) is 4.30. The summed E-state index contributed by atoms with van der Waals surface area (Å²) in [4.78, 5) is 37.8. The summed E-state index contributed by atoms with van der Waals surface area (Å²) >= 11 is 0. The largest absolute Gasteiger partial charge is 0.481 e. The van der Waals surface area contributed by atoms with Gasteiger partial charge in [-0.2, -0.15) is 0 Å². The van der Waals surface area contributed by atoms with E-state index in [1.54, 1.807) is 49.9 Å². The van der Waals surface area contributed by atoms with Crippen molar-refractivity contribution in [2.24, 2.45) is 17.3 Å². The van der Waals surface area contributed by atoms with E-state index in [1.807, 2.05) is 6.92 Å². The highest BCUT2D eigenvalue weighted by atomic mass is 16.4. The zero-order chi connectivity index (χ0) is 18.1. The van der Waals surface area contributed by atoms with Crippen LogP contribution >= 0.6 is 0 Å². The minimum absolute atomic E-state index is 0.0946. The van der Waals surface area contributed by atoms with E-state index in [2.05, 4.69) is 5.32 Å². The molecule has 0 radical (unpaired) electrons. The zero-order valence-electron chi connectivity index (χ0n) is 14.5. The van der Waals surface area contributed by atoms with E-state index < -0.39 is 17.3 Å². The van der Waals surface area contributed by atoms with Crippen LogP contribution in [0.4, 0.5) is 5.69 Å². The summed E-state index contributed by atoms with van der Waals surface area (Å²) in [6, 6.07) is 6.82. The summed E-state index contributed by atoms with van der Waals surface area (Å²) < 4.78 is 0. The van der Waals surface area contributed by atoms with Crippen molar-refractivity contribution >= 4 is 23.5 Å². The summed E-state index contributed by atoms with van der Waals surface area (Å²) in [7, 11) is 0. The van der Waals surface area contributed by atoms with Gasteiger partial charge in [0.05, 0.1) is 17.2 Å². The molecule has 6 heteroatoms. The molecule has 130 valence electrons. The molecule has 1 aliphatic rings. The number of carboxylic acids is 1. The highest BCUT2D eigenvalue weighted by Crippen LogP contribution is 2.27. The van der Waals surface area contributed by atoms with Gasteiger partial charge in [0.15, 0.2) is 0 Å². The van der Waals surface area contributed by atoms with Crippen molar-refractivity contribution in [3.8, 4) is 0 Å². The van der Waals surface area contributed by atoms with Gasteiger partial charge < -0.3 is 15.3 Å². The van der Waals surface area contributed by atoms with E-state index in [0.717, 1.165) is 0 Å². The Balaban J connectivity index is 2.22. The van der Waals surface area contributed by atoms with Crippen LogP contribution in [0.1, 0.15) is 38.1 Å². The molecule has 0 unspecified atom stereocenters. The lowest BCUT2D eigenvalue weighted by atomic mass is 9.95. The SMILES string of the molecule is C[C@@H]1CN(C(=O)c2ccccc2NC(=O)C(C)(C)C)C[C@H]1C(=O)O. The van der Waals surface area contributed by atoms with Crippen molar-refractivity contribution in [1.29, 1.82) is 0 Å². The number of carbonyl (C=O) groups is 3. The van der Waals surface area contributed by atoms with Crippen LogP contribution in [0.3, 0.4) is 0 Å². The van der Waals surface area contributed by atoms with Crippen LogP contribution in [0.5, 0.6) is 0 Å². The van der Waals surface area contributed by atoms with Crippen molar-refractivity contribution in [3.05, 3.63) is 29.8 Å². The maximum atomic E-state index is 12.8. The molecule has 0 bridgehead atoms. The van der Waals surface area contributed by atoms with Gasteiger partial charge in [-0.1, -0.05) is 39.8 Å². The monoisotopic (exact) mass is 332 g/mol. The van der Waals surface area contributed by atoms with Gasteiger partial charge in [0.1, 0.15) is 0 Å². The standard InChI is InChI=1S/C18H24N2O4/c1-11-9-20(10-13(11)16(22)23)15(21)12-7-5-6-8-14(12)19-17(24)18(2,3)4/h5-8,11,13H,9-10H2,1-4H3,(H,19,24)(H,22,23)/t11-,13-/m1/s1. The number of nitrogens with zero attached hydrogens (tertiary/aromatic N) is 1. The molecule has 1 aliphatic heterocycles. The smallest absolute Gasteiger partial charge is 0.308 e. The van der Waals surface area contributed by atoms with Crippen LogP contribution in [0, 0.1) is 17.3 Å². The van der Waals surface area contributed by atoms with Gasteiger partial charge in [-0.25, -0.2) is 0 Å². The third kappa shape index (κ3) is 3.75. The molecule has 1 aromatic carbocycles. The van der Waals surface area contributed by atoms with E-state index >= 15 is 0 Å². The Hall–Kier alpha value is -2.37. The van der Waals surface area contributed by atoms with Crippen LogP contribution in [-0.4, -0.2) is 40.9 Å². The van der Waals surface area contributed by atoms with E-state index in [-0.39, 0.29) is 24.3 Å². The molecule has 24 heavy (non-hydrogen) atoms. The van der Waals surface area contributed by atoms with Gasteiger partial charge in [-0.15, -0.1) is 0 Å². The maximum absolute atomic E-state index is 12.8. The second-order valence-electron chi connectivity index (χ2n) is 7.38. The molecule has 2 atom stereocenters. The fourth-order valence-electron chi connectivity index (χ4n) is 2.71. The Bertz CT molecular complexity index is 663. The Morgan fingerprint density at radius 3 is 2.33 bits per heavy atom. The molecule has 0 spiro atoms. The number of hydrogen-bond acceptors (Lipinski definition) is 3. The number of rotatable bonds is 3. The lowest BCUT2D eigenvalue weighted by Gasteiger charge is -2.21. The summed E-state index contributed by atoms with van der Waals surface area (Å²) in [5.41, 5.74) is 0.259. The Kier molecular flexibility index (Phi) is 4.96. The molecule has 1 heterocycles. The molecule has 1 fully saturated rings. The van der Waals surface area contributed by atoms with Crippen molar-refractivity contribution in [1.82, 2.24) is 4.90 Å². The second kappa shape index (κ2) is 6.63. The first-order chi connectivity index (χ1) is 11.1. The molecular formula is C18H24N2O4. The normalized spacial score (nSPS) is 20.8. The van der Waals surface area contributed by atoms with Gasteiger partial charge >= 0.3 is 5.97 Å². The predicted molar refractivity (Wildman–Crippen MR) is 90.7 cm³/mol. The van der Waals surface area contributed by atoms with Crippen molar-refractivity contribution < 1.29 is 19.5 Å². The average Bonchev–Trinajstić information content (AvgIpc) is 2.88. The molecule has 0 aromatic heterocycles. The van der Waals surface area contributed by atoms with Crippen LogP contribution < -0.4 is 5.32 Å². The van der Waals surface area contributed by atoms with Crippen molar-refractivity contribution in [3.63, 3.8) is 0 Å². The third-order valence-electron chi connectivity index (χ3n) is 4.30. The summed E-state index contributed by atoms with van der Waals surface area (Å²) in [6.45, 7) is 7.82. The Morgan fingerprint density at radius 2 is 1.79 bits per heavy atom. The summed E-state index contributed by atoms with van der Waals surface area (Å²) in [5.74, 6) is -1.96. The number of amides is 2. The van der Waals surface area contributed by atoms with E-state index in [0.29, 0.717) is 17.8 Å². The average molecular weight is 332 g/mol. The summed E-state index contributed by atoms with van der Waals surface area (Å²) in [5, 5.41) is 12.0. The van der Waals surface area contributed by atoms with Gasteiger partial charge in [0, 0.05) is 18.5 Å².